The first-order valence-corrected chi connectivity index (χ1v) is 8.17. The number of hydrogen-bond donors (Lipinski definition) is 0. The second-order valence-electron chi connectivity index (χ2n) is 6.65. The van der Waals surface area contributed by atoms with Crippen LogP contribution in [0.25, 0.3) is 0 Å². The van der Waals surface area contributed by atoms with E-state index in [0.717, 1.165) is 19.3 Å². The van der Waals surface area contributed by atoms with E-state index >= 15 is 0 Å². The number of carbonyl (C=O) groups excluding carboxylic acids is 2. The molecule has 1 heterocycles. The van der Waals surface area contributed by atoms with Gasteiger partial charge in [0.1, 0.15) is 0 Å². The highest BCUT2D eigenvalue weighted by Gasteiger charge is 2.36. The molecule has 0 aromatic heterocycles. The van der Waals surface area contributed by atoms with Crippen LogP contribution in [0, 0.1) is 12.8 Å². The third-order valence-corrected chi connectivity index (χ3v) is 5.01. The summed E-state index contributed by atoms with van der Waals surface area (Å²) in [5.74, 6) is 0.0769. The van der Waals surface area contributed by atoms with Crippen molar-refractivity contribution in [2.75, 3.05) is 6.54 Å². The van der Waals surface area contributed by atoms with Crippen molar-refractivity contribution in [1.82, 2.24) is 4.90 Å². The van der Waals surface area contributed by atoms with Crippen LogP contribution in [0.4, 0.5) is 0 Å². The van der Waals surface area contributed by atoms with Gasteiger partial charge in [0.25, 0.3) is 11.8 Å². The van der Waals surface area contributed by atoms with Crippen LogP contribution >= 0.6 is 0 Å². The topological polar surface area (TPSA) is 37.4 Å². The molecule has 2 aromatic carbocycles. The van der Waals surface area contributed by atoms with Crippen molar-refractivity contribution in [1.29, 1.82) is 0 Å². The van der Waals surface area contributed by atoms with Gasteiger partial charge >= 0.3 is 0 Å². The van der Waals surface area contributed by atoms with Crippen molar-refractivity contribution in [3.8, 4) is 0 Å². The van der Waals surface area contributed by atoms with Gasteiger partial charge in [0.15, 0.2) is 0 Å². The zero-order valence-electron chi connectivity index (χ0n) is 13.2. The molecule has 0 unspecified atom stereocenters. The SMILES string of the molecule is Cc1ccc2c(c1)CC[C@@H](CN1C(=O)c3ccccc3C1=O)C2. The van der Waals surface area contributed by atoms with Crippen LogP contribution in [0.2, 0.25) is 0 Å². The molecule has 4 rings (SSSR count). The number of fused-ring (bicyclic) bond motifs is 2. The van der Waals surface area contributed by atoms with Gasteiger partial charge in [-0.15, -0.1) is 0 Å². The van der Waals surface area contributed by atoms with Crippen molar-refractivity contribution >= 4 is 11.8 Å². The Morgan fingerprint density at radius 1 is 1.00 bits per heavy atom. The van der Waals surface area contributed by atoms with Crippen LogP contribution < -0.4 is 0 Å². The van der Waals surface area contributed by atoms with E-state index in [1.54, 1.807) is 12.1 Å². The molecule has 1 aliphatic heterocycles. The minimum atomic E-state index is -0.139. The molecule has 2 amide bonds. The smallest absolute Gasteiger partial charge is 0.261 e. The highest BCUT2D eigenvalue weighted by Crippen LogP contribution is 2.30. The van der Waals surface area contributed by atoms with E-state index in [2.05, 4.69) is 25.1 Å². The molecule has 2 aromatic rings. The lowest BCUT2D eigenvalue weighted by molar-refractivity contribution is 0.0624. The van der Waals surface area contributed by atoms with Crippen molar-refractivity contribution in [2.45, 2.75) is 26.2 Å². The number of benzene rings is 2. The summed E-state index contributed by atoms with van der Waals surface area (Å²) in [5, 5.41) is 0. The van der Waals surface area contributed by atoms with Gasteiger partial charge in [-0.1, -0.05) is 35.9 Å². The number of rotatable bonds is 2. The first-order chi connectivity index (χ1) is 11.1. The van der Waals surface area contributed by atoms with E-state index in [1.165, 1.54) is 21.6 Å². The third kappa shape index (κ3) is 2.37. The number of aryl methyl sites for hydroxylation is 2. The fraction of sp³-hybridized carbons (Fsp3) is 0.300. The maximum atomic E-state index is 12.5. The summed E-state index contributed by atoms with van der Waals surface area (Å²) in [7, 11) is 0. The maximum absolute atomic E-state index is 12.5. The summed E-state index contributed by atoms with van der Waals surface area (Å²) in [6.07, 6.45) is 3.01. The second kappa shape index (κ2) is 5.34. The average molecular weight is 305 g/mol. The summed E-state index contributed by atoms with van der Waals surface area (Å²) in [6.45, 7) is 2.64. The quantitative estimate of drug-likeness (QED) is 0.798. The molecular formula is C20H19NO2. The van der Waals surface area contributed by atoms with Gasteiger partial charge in [-0.25, -0.2) is 0 Å². The van der Waals surface area contributed by atoms with Crippen LogP contribution in [0.3, 0.4) is 0 Å². The Hall–Kier alpha value is -2.42. The monoisotopic (exact) mass is 305 g/mol. The number of carbonyl (C=O) groups is 2. The maximum Gasteiger partial charge on any atom is 0.261 e. The van der Waals surface area contributed by atoms with Gasteiger partial charge in [-0.3, -0.25) is 14.5 Å². The van der Waals surface area contributed by atoms with Gasteiger partial charge in [-0.2, -0.15) is 0 Å². The Bertz CT molecular complexity index is 774. The molecule has 0 N–H and O–H groups in total. The summed E-state index contributed by atoms with van der Waals surface area (Å²) in [6, 6.07) is 13.7. The van der Waals surface area contributed by atoms with Crippen LogP contribution in [-0.4, -0.2) is 23.3 Å². The number of hydrogen-bond acceptors (Lipinski definition) is 2. The van der Waals surface area contributed by atoms with E-state index in [1.807, 2.05) is 12.1 Å². The lowest BCUT2D eigenvalue weighted by Crippen LogP contribution is -2.36. The average Bonchev–Trinajstić information content (AvgIpc) is 2.80. The zero-order chi connectivity index (χ0) is 16.0. The molecule has 1 aliphatic carbocycles. The lowest BCUT2D eigenvalue weighted by Gasteiger charge is -2.28. The Kier molecular flexibility index (Phi) is 3.29. The van der Waals surface area contributed by atoms with Gasteiger partial charge in [0.05, 0.1) is 11.1 Å². The normalized spacial score (nSPS) is 19.7. The highest BCUT2D eigenvalue weighted by molar-refractivity contribution is 6.21. The van der Waals surface area contributed by atoms with Crippen molar-refractivity contribution in [2.24, 2.45) is 5.92 Å². The molecular weight excluding hydrogens is 286 g/mol. The largest absolute Gasteiger partial charge is 0.274 e. The standard InChI is InChI=1S/C20H19NO2/c1-13-6-8-16-11-14(7-9-15(16)10-13)12-21-19(22)17-4-2-3-5-18(17)20(21)23/h2-6,8,10,14H,7,9,11-12H2,1H3/t14-/m1/s1. The van der Waals surface area contributed by atoms with Crippen molar-refractivity contribution in [3.63, 3.8) is 0 Å². The summed E-state index contributed by atoms with van der Waals surface area (Å²) < 4.78 is 0. The van der Waals surface area contributed by atoms with E-state index < -0.39 is 0 Å². The van der Waals surface area contributed by atoms with E-state index in [0.29, 0.717) is 23.6 Å². The van der Waals surface area contributed by atoms with E-state index in [9.17, 15) is 9.59 Å². The molecule has 2 aliphatic rings. The third-order valence-electron chi connectivity index (χ3n) is 5.01. The minimum absolute atomic E-state index is 0.139. The van der Waals surface area contributed by atoms with Crippen molar-refractivity contribution < 1.29 is 9.59 Å². The summed E-state index contributed by atoms with van der Waals surface area (Å²) in [5.41, 5.74) is 5.17. The molecule has 0 spiro atoms. The molecule has 1 atom stereocenters. The summed E-state index contributed by atoms with van der Waals surface area (Å²) in [4.78, 5) is 26.4. The number of nitrogens with zero attached hydrogens (tertiary/aromatic N) is 1. The van der Waals surface area contributed by atoms with Gasteiger partial charge < -0.3 is 0 Å². The van der Waals surface area contributed by atoms with Gasteiger partial charge in [0, 0.05) is 6.54 Å². The molecule has 0 saturated carbocycles. The highest BCUT2D eigenvalue weighted by atomic mass is 16.2. The Labute approximate surface area is 135 Å². The lowest BCUT2D eigenvalue weighted by atomic mass is 9.83. The molecule has 3 nitrogen and oxygen atoms in total. The molecule has 0 fully saturated rings. The zero-order valence-corrected chi connectivity index (χ0v) is 13.2. The van der Waals surface area contributed by atoms with Crippen LogP contribution in [0.1, 0.15) is 43.8 Å². The van der Waals surface area contributed by atoms with Crippen LogP contribution in [-0.2, 0) is 12.8 Å². The Morgan fingerprint density at radius 3 is 2.39 bits per heavy atom. The number of amides is 2. The predicted octanol–water partition coefficient (Wildman–Crippen LogP) is 3.40. The van der Waals surface area contributed by atoms with E-state index in [-0.39, 0.29) is 11.8 Å². The second-order valence-corrected chi connectivity index (χ2v) is 6.65. The van der Waals surface area contributed by atoms with Crippen LogP contribution in [0.15, 0.2) is 42.5 Å². The van der Waals surface area contributed by atoms with Crippen LogP contribution in [0.5, 0.6) is 0 Å². The van der Waals surface area contributed by atoms with Crippen molar-refractivity contribution in [3.05, 3.63) is 70.3 Å². The Balaban J connectivity index is 1.53. The Morgan fingerprint density at radius 2 is 1.70 bits per heavy atom. The fourth-order valence-electron chi connectivity index (χ4n) is 3.78. The minimum Gasteiger partial charge on any atom is -0.274 e. The number of imide groups is 1. The summed E-state index contributed by atoms with van der Waals surface area (Å²) >= 11 is 0. The first kappa shape index (κ1) is 14.2. The van der Waals surface area contributed by atoms with Gasteiger partial charge in [0.2, 0.25) is 0 Å². The fourth-order valence-corrected chi connectivity index (χ4v) is 3.78. The molecule has 0 radical (unpaired) electrons. The van der Waals surface area contributed by atoms with E-state index in [4.69, 9.17) is 0 Å². The van der Waals surface area contributed by atoms with Gasteiger partial charge in [-0.05, 0) is 55.4 Å². The molecule has 23 heavy (non-hydrogen) atoms. The predicted molar refractivity (Wildman–Crippen MR) is 88.5 cm³/mol. The molecule has 0 bridgehead atoms. The molecule has 0 saturated heterocycles. The molecule has 116 valence electrons. The molecule has 3 heteroatoms. The first-order valence-electron chi connectivity index (χ1n) is 8.17.